The molecule has 1 aromatic carbocycles. The first-order valence-corrected chi connectivity index (χ1v) is 6.18. The van der Waals surface area contributed by atoms with Crippen molar-refractivity contribution in [2.45, 2.75) is 18.3 Å². The minimum atomic E-state index is 0.145. The molecule has 1 nitrogen and oxygen atoms in total. The zero-order chi connectivity index (χ0) is 10.0. The molecule has 1 aliphatic heterocycles. The Morgan fingerprint density at radius 1 is 1.50 bits per heavy atom. The van der Waals surface area contributed by atoms with Crippen molar-refractivity contribution >= 4 is 23.4 Å². The van der Waals surface area contributed by atoms with Crippen molar-refractivity contribution < 1.29 is 4.74 Å². The molecule has 0 radical (unpaired) electrons. The van der Waals surface area contributed by atoms with Gasteiger partial charge in [0.2, 0.25) is 0 Å². The van der Waals surface area contributed by atoms with E-state index in [-0.39, 0.29) is 5.60 Å². The molecular formula is C11H13ClOS. The molecule has 1 aliphatic rings. The largest absolute Gasteiger partial charge is 0.369 e. The van der Waals surface area contributed by atoms with Crippen LogP contribution in [-0.2, 0) is 10.5 Å². The van der Waals surface area contributed by atoms with Gasteiger partial charge in [-0.15, -0.1) is 0 Å². The third kappa shape index (κ3) is 2.66. The molecule has 0 amide bonds. The van der Waals surface area contributed by atoms with Gasteiger partial charge in [0.15, 0.2) is 0 Å². The van der Waals surface area contributed by atoms with Gasteiger partial charge >= 0.3 is 0 Å². The molecule has 0 spiro atoms. The number of hydrogen-bond acceptors (Lipinski definition) is 2. The van der Waals surface area contributed by atoms with Gasteiger partial charge in [-0.3, -0.25) is 0 Å². The molecule has 0 bridgehead atoms. The molecule has 0 aromatic heterocycles. The Hall–Kier alpha value is -0.180. The van der Waals surface area contributed by atoms with Crippen LogP contribution < -0.4 is 0 Å². The minimum absolute atomic E-state index is 0.145. The van der Waals surface area contributed by atoms with Crippen LogP contribution in [0.1, 0.15) is 12.5 Å². The van der Waals surface area contributed by atoms with Crippen molar-refractivity contribution in [2.75, 3.05) is 12.4 Å². The Morgan fingerprint density at radius 3 is 2.86 bits per heavy atom. The lowest BCUT2D eigenvalue weighted by molar-refractivity contribution is 0.348. The molecule has 3 heteroatoms. The molecule has 14 heavy (non-hydrogen) atoms. The summed E-state index contributed by atoms with van der Waals surface area (Å²) in [5.74, 6) is 2.02. The number of benzene rings is 1. The van der Waals surface area contributed by atoms with E-state index >= 15 is 0 Å². The predicted molar refractivity (Wildman–Crippen MR) is 62.0 cm³/mol. The summed E-state index contributed by atoms with van der Waals surface area (Å²) >= 11 is 7.93. The monoisotopic (exact) mass is 228 g/mol. The second kappa shape index (κ2) is 4.13. The average Bonchev–Trinajstić information content (AvgIpc) is 2.88. The zero-order valence-corrected chi connectivity index (χ0v) is 9.70. The van der Waals surface area contributed by atoms with Crippen LogP contribution in [0.15, 0.2) is 24.3 Å². The Labute approximate surface area is 93.8 Å². The van der Waals surface area contributed by atoms with E-state index < -0.39 is 0 Å². The highest BCUT2D eigenvalue weighted by molar-refractivity contribution is 7.98. The average molecular weight is 229 g/mol. The molecule has 0 saturated carbocycles. The summed E-state index contributed by atoms with van der Waals surface area (Å²) in [6.45, 7) is 3.05. The highest BCUT2D eigenvalue weighted by atomic mass is 35.5. The third-order valence-electron chi connectivity index (χ3n) is 2.26. The molecule has 76 valence electrons. The Morgan fingerprint density at radius 2 is 2.21 bits per heavy atom. The highest BCUT2D eigenvalue weighted by Gasteiger charge is 2.38. The van der Waals surface area contributed by atoms with Gasteiger partial charge in [0.05, 0.1) is 12.2 Å². The van der Waals surface area contributed by atoms with Crippen molar-refractivity contribution in [1.29, 1.82) is 0 Å². The lowest BCUT2D eigenvalue weighted by Gasteiger charge is -2.06. The van der Waals surface area contributed by atoms with Crippen LogP contribution in [-0.4, -0.2) is 18.0 Å². The summed E-state index contributed by atoms with van der Waals surface area (Å²) in [6.07, 6.45) is 0. The van der Waals surface area contributed by atoms with Gasteiger partial charge < -0.3 is 4.74 Å². The molecule has 1 unspecified atom stereocenters. The van der Waals surface area contributed by atoms with Crippen LogP contribution in [0.2, 0.25) is 5.02 Å². The second-order valence-electron chi connectivity index (χ2n) is 3.82. The Bertz CT molecular complexity index is 323. The first-order valence-electron chi connectivity index (χ1n) is 4.65. The van der Waals surface area contributed by atoms with Crippen LogP contribution in [0.3, 0.4) is 0 Å². The van der Waals surface area contributed by atoms with Crippen LogP contribution in [0.5, 0.6) is 0 Å². The second-order valence-corrected chi connectivity index (χ2v) is 5.22. The summed E-state index contributed by atoms with van der Waals surface area (Å²) in [5, 5.41) is 0.863. The van der Waals surface area contributed by atoms with E-state index in [1.54, 1.807) is 0 Å². The lowest BCUT2D eigenvalue weighted by atomic mass is 10.2. The molecule has 1 aromatic rings. The zero-order valence-electron chi connectivity index (χ0n) is 8.13. The third-order valence-corrected chi connectivity index (χ3v) is 3.96. The van der Waals surface area contributed by atoms with E-state index in [9.17, 15) is 0 Å². The Kier molecular flexibility index (Phi) is 3.05. The summed E-state index contributed by atoms with van der Waals surface area (Å²) < 4.78 is 5.31. The first-order chi connectivity index (χ1) is 6.70. The number of halogens is 1. The molecule has 1 saturated heterocycles. The molecule has 1 atom stereocenters. The lowest BCUT2D eigenvalue weighted by Crippen LogP contribution is -2.07. The SMILES string of the molecule is CC1(CSCc2ccccc2Cl)CO1. The van der Waals surface area contributed by atoms with Crippen LogP contribution in [0.4, 0.5) is 0 Å². The summed E-state index contributed by atoms with van der Waals surface area (Å²) in [5.41, 5.74) is 1.36. The number of thioether (sulfide) groups is 1. The van der Waals surface area contributed by atoms with Crippen molar-refractivity contribution in [3.8, 4) is 0 Å². The first kappa shape index (κ1) is 10.3. The van der Waals surface area contributed by atoms with Gasteiger partial charge in [-0.05, 0) is 18.6 Å². The molecular weight excluding hydrogens is 216 g/mol. The number of ether oxygens (including phenoxy) is 1. The van der Waals surface area contributed by atoms with Gasteiger partial charge in [0.1, 0.15) is 0 Å². The van der Waals surface area contributed by atoms with E-state index in [1.165, 1.54) is 5.56 Å². The fourth-order valence-electron chi connectivity index (χ4n) is 1.20. The maximum atomic E-state index is 6.05. The van der Waals surface area contributed by atoms with E-state index in [1.807, 2.05) is 30.0 Å². The molecule has 0 N–H and O–H groups in total. The minimum Gasteiger partial charge on any atom is -0.369 e. The van der Waals surface area contributed by atoms with Crippen LogP contribution in [0, 0.1) is 0 Å². The van der Waals surface area contributed by atoms with E-state index in [0.29, 0.717) is 0 Å². The Balaban J connectivity index is 1.83. The number of rotatable bonds is 4. The van der Waals surface area contributed by atoms with E-state index in [2.05, 4.69) is 13.0 Å². The normalized spacial score (nSPS) is 25.0. The quantitative estimate of drug-likeness (QED) is 0.733. The van der Waals surface area contributed by atoms with Crippen molar-refractivity contribution in [1.82, 2.24) is 0 Å². The number of epoxide rings is 1. The summed E-state index contributed by atoms with van der Waals surface area (Å²) in [6, 6.07) is 8.00. The fraction of sp³-hybridized carbons (Fsp3) is 0.455. The maximum Gasteiger partial charge on any atom is 0.0978 e. The van der Waals surface area contributed by atoms with Gasteiger partial charge in [-0.1, -0.05) is 29.8 Å². The van der Waals surface area contributed by atoms with Crippen LogP contribution in [0.25, 0.3) is 0 Å². The maximum absolute atomic E-state index is 6.05. The van der Waals surface area contributed by atoms with Gasteiger partial charge in [0.25, 0.3) is 0 Å². The predicted octanol–water partition coefficient (Wildman–Crippen LogP) is 3.36. The van der Waals surface area contributed by atoms with Gasteiger partial charge in [0, 0.05) is 16.5 Å². The van der Waals surface area contributed by atoms with E-state index in [4.69, 9.17) is 16.3 Å². The van der Waals surface area contributed by atoms with Crippen molar-refractivity contribution in [3.63, 3.8) is 0 Å². The summed E-state index contributed by atoms with van der Waals surface area (Å²) in [7, 11) is 0. The van der Waals surface area contributed by atoms with Gasteiger partial charge in [-0.25, -0.2) is 0 Å². The molecule has 0 aliphatic carbocycles. The molecule has 2 rings (SSSR count). The standard InChI is InChI=1S/C11H13ClOS/c1-11(7-13-11)8-14-6-9-4-2-3-5-10(9)12/h2-5H,6-8H2,1H3. The molecule has 1 fully saturated rings. The smallest absolute Gasteiger partial charge is 0.0978 e. The highest BCUT2D eigenvalue weighted by Crippen LogP contribution is 2.32. The van der Waals surface area contributed by atoms with Gasteiger partial charge in [-0.2, -0.15) is 11.8 Å². The van der Waals surface area contributed by atoms with Crippen molar-refractivity contribution in [3.05, 3.63) is 34.9 Å². The van der Waals surface area contributed by atoms with E-state index in [0.717, 1.165) is 23.1 Å². The molecule has 1 heterocycles. The van der Waals surface area contributed by atoms with Crippen LogP contribution >= 0.6 is 23.4 Å². The summed E-state index contributed by atoms with van der Waals surface area (Å²) in [4.78, 5) is 0. The fourth-order valence-corrected chi connectivity index (χ4v) is 2.65. The topological polar surface area (TPSA) is 12.5 Å². The number of hydrogen-bond donors (Lipinski definition) is 0. The van der Waals surface area contributed by atoms with Crippen molar-refractivity contribution in [2.24, 2.45) is 0 Å².